The van der Waals surface area contributed by atoms with Crippen molar-refractivity contribution in [3.05, 3.63) is 136 Å². The van der Waals surface area contributed by atoms with E-state index in [9.17, 15) is 14.7 Å². The number of benzene rings is 3. The van der Waals surface area contributed by atoms with E-state index in [0.29, 0.717) is 43.7 Å². The fraction of sp³-hybridized carbons (Fsp3) is 0.257. The molecule has 5 heteroatoms. The van der Waals surface area contributed by atoms with Crippen LogP contribution in [-0.2, 0) is 24.4 Å². The number of carbonyl (C=O) groups excluding carboxylic acids is 1. The Morgan fingerprint density at radius 1 is 0.875 bits per heavy atom. The molecule has 1 heterocycles. The maximum atomic E-state index is 13.0. The van der Waals surface area contributed by atoms with E-state index in [2.05, 4.69) is 66.4 Å². The van der Waals surface area contributed by atoms with Crippen molar-refractivity contribution in [1.82, 2.24) is 9.47 Å². The van der Waals surface area contributed by atoms with E-state index in [-0.39, 0.29) is 5.78 Å². The molecule has 0 atom stereocenters. The van der Waals surface area contributed by atoms with Gasteiger partial charge in [-0.05, 0) is 61.9 Å². The molecule has 5 nitrogen and oxygen atoms in total. The molecule has 0 aliphatic heterocycles. The lowest BCUT2D eigenvalue weighted by atomic mass is 9.74. The number of aliphatic carboxylic acids is 1. The van der Waals surface area contributed by atoms with Gasteiger partial charge in [0.2, 0.25) is 5.78 Å². The highest BCUT2D eigenvalue weighted by atomic mass is 16.4. The fourth-order valence-corrected chi connectivity index (χ4v) is 5.40. The van der Waals surface area contributed by atoms with Crippen molar-refractivity contribution in [2.45, 2.75) is 58.3 Å². The fourth-order valence-electron chi connectivity index (χ4n) is 5.40. The van der Waals surface area contributed by atoms with Crippen molar-refractivity contribution in [1.29, 1.82) is 0 Å². The van der Waals surface area contributed by atoms with Gasteiger partial charge in [0.1, 0.15) is 5.54 Å². The Labute approximate surface area is 236 Å². The lowest BCUT2D eigenvalue weighted by Crippen LogP contribution is -2.58. The third kappa shape index (κ3) is 6.00. The van der Waals surface area contributed by atoms with Crippen LogP contribution in [0.5, 0.6) is 0 Å². The van der Waals surface area contributed by atoms with Gasteiger partial charge in [-0.25, -0.2) is 0 Å². The number of aryl methyl sites for hydroxylation is 2. The van der Waals surface area contributed by atoms with Gasteiger partial charge in [-0.15, -0.1) is 0 Å². The second kappa shape index (κ2) is 11.9. The lowest BCUT2D eigenvalue weighted by Gasteiger charge is -2.47. The van der Waals surface area contributed by atoms with Crippen LogP contribution >= 0.6 is 0 Å². The minimum atomic E-state index is -0.814. The molecule has 0 radical (unpaired) electrons. The molecule has 1 saturated carbocycles. The first-order valence-electron chi connectivity index (χ1n) is 13.9. The molecule has 1 N–H and O–H groups in total. The van der Waals surface area contributed by atoms with Crippen molar-refractivity contribution in [3.8, 4) is 0 Å². The third-order valence-electron chi connectivity index (χ3n) is 7.99. The summed E-state index contributed by atoms with van der Waals surface area (Å²) >= 11 is 0. The number of carboxylic acids is 1. The van der Waals surface area contributed by atoms with E-state index in [0.717, 1.165) is 28.7 Å². The van der Waals surface area contributed by atoms with Crippen LogP contribution in [0.1, 0.15) is 63.1 Å². The quantitative estimate of drug-likeness (QED) is 0.210. The summed E-state index contributed by atoms with van der Waals surface area (Å²) in [5.74, 6) is -0.720. The van der Waals surface area contributed by atoms with Crippen LogP contribution in [0.25, 0.3) is 6.08 Å². The molecule has 5 rings (SSSR count). The summed E-state index contributed by atoms with van der Waals surface area (Å²) in [4.78, 5) is 27.6. The van der Waals surface area contributed by atoms with Crippen molar-refractivity contribution < 1.29 is 14.7 Å². The third-order valence-corrected chi connectivity index (χ3v) is 7.99. The second-order valence-electron chi connectivity index (χ2n) is 10.9. The van der Waals surface area contributed by atoms with Crippen LogP contribution in [0.3, 0.4) is 0 Å². The largest absolute Gasteiger partial charge is 0.480 e. The molecule has 0 amide bonds. The predicted octanol–water partition coefficient (Wildman–Crippen LogP) is 7.06. The number of aromatic nitrogens is 1. The first kappa shape index (κ1) is 27.4. The molecule has 4 aromatic rings. The first-order chi connectivity index (χ1) is 19.3. The van der Waals surface area contributed by atoms with Crippen molar-refractivity contribution in [2.75, 3.05) is 0 Å². The first-order valence-corrected chi connectivity index (χ1v) is 13.9. The zero-order valence-electron chi connectivity index (χ0n) is 23.2. The minimum Gasteiger partial charge on any atom is -0.480 e. The molecule has 3 aromatic carbocycles. The van der Waals surface area contributed by atoms with E-state index in [4.69, 9.17) is 0 Å². The summed E-state index contributed by atoms with van der Waals surface area (Å²) in [5, 5.41) is 10.2. The van der Waals surface area contributed by atoms with E-state index in [1.165, 1.54) is 5.56 Å². The second-order valence-corrected chi connectivity index (χ2v) is 10.9. The number of carboxylic acid groups (broad SMARTS) is 1. The van der Waals surface area contributed by atoms with Crippen LogP contribution in [0.2, 0.25) is 0 Å². The molecule has 1 aliphatic rings. The highest BCUT2D eigenvalue weighted by molar-refractivity contribution is 6.08. The van der Waals surface area contributed by atoms with Gasteiger partial charge in [-0.2, -0.15) is 0 Å². The monoisotopic (exact) mass is 532 g/mol. The number of allylic oxidation sites excluding steroid dienone is 1. The molecule has 1 aliphatic carbocycles. The van der Waals surface area contributed by atoms with E-state index >= 15 is 0 Å². The van der Waals surface area contributed by atoms with Crippen molar-refractivity contribution >= 4 is 17.8 Å². The Bertz CT molecular complexity index is 1510. The summed E-state index contributed by atoms with van der Waals surface area (Å²) in [6.07, 6.45) is 8.33. The highest BCUT2D eigenvalue weighted by Gasteiger charge is 2.49. The molecule has 0 bridgehead atoms. The number of carbonyl (C=O) groups is 2. The maximum absolute atomic E-state index is 13.0. The summed E-state index contributed by atoms with van der Waals surface area (Å²) in [6, 6.07) is 28.0. The Kier molecular flexibility index (Phi) is 8.13. The standard InChI is InChI=1S/C35H36N2O3/c1-26-11-15-29(16-12-26)24-37(35(34(39)40)19-6-20-35)25-30-8-3-7-28(23-30)9-4-21-36-22-5-10-32(36)33(38)31-17-13-27(2)14-18-31/h3-5,7-18,22-23H,6,19-21,24-25H2,1-2H3,(H,39,40)/b9-4+. The van der Waals surface area contributed by atoms with Gasteiger partial charge >= 0.3 is 5.97 Å². The maximum Gasteiger partial charge on any atom is 0.324 e. The molecule has 204 valence electrons. The van der Waals surface area contributed by atoms with Gasteiger partial charge in [-0.3, -0.25) is 14.5 Å². The topological polar surface area (TPSA) is 62.5 Å². The molecule has 1 fully saturated rings. The molecule has 0 unspecified atom stereocenters. The summed E-state index contributed by atoms with van der Waals surface area (Å²) in [5.41, 5.74) is 6.10. The predicted molar refractivity (Wildman–Crippen MR) is 159 cm³/mol. The van der Waals surface area contributed by atoms with Crippen LogP contribution in [0, 0.1) is 13.8 Å². The molecule has 0 spiro atoms. The van der Waals surface area contributed by atoms with Crippen LogP contribution in [0.15, 0.2) is 97.2 Å². The SMILES string of the molecule is Cc1ccc(CN(Cc2cccc(/C=C/Cn3cccc3C(=O)c3ccc(C)cc3)c2)C2(C(=O)O)CCC2)cc1. The number of rotatable bonds is 11. The van der Waals surface area contributed by atoms with Crippen LogP contribution in [0.4, 0.5) is 0 Å². The van der Waals surface area contributed by atoms with Crippen molar-refractivity contribution in [2.24, 2.45) is 0 Å². The smallest absolute Gasteiger partial charge is 0.324 e. The van der Waals surface area contributed by atoms with Gasteiger partial charge in [0, 0.05) is 31.4 Å². The van der Waals surface area contributed by atoms with Gasteiger partial charge in [0.25, 0.3) is 0 Å². The van der Waals surface area contributed by atoms with Gasteiger partial charge in [-0.1, -0.05) is 96.1 Å². The van der Waals surface area contributed by atoms with Crippen LogP contribution in [-0.4, -0.2) is 31.9 Å². The Morgan fingerprint density at radius 2 is 1.55 bits per heavy atom. The minimum absolute atomic E-state index is 0.0115. The lowest BCUT2D eigenvalue weighted by molar-refractivity contribution is -0.160. The Balaban J connectivity index is 1.30. The van der Waals surface area contributed by atoms with E-state index in [1.807, 2.05) is 60.2 Å². The van der Waals surface area contributed by atoms with Gasteiger partial charge < -0.3 is 9.67 Å². The zero-order chi connectivity index (χ0) is 28.1. The molecule has 40 heavy (non-hydrogen) atoms. The van der Waals surface area contributed by atoms with Crippen LogP contribution < -0.4 is 0 Å². The average Bonchev–Trinajstić information content (AvgIpc) is 3.38. The Hall–Kier alpha value is -4.22. The van der Waals surface area contributed by atoms with E-state index < -0.39 is 11.5 Å². The average molecular weight is 533 g/mol. The molecular weight excluding hydrogens is 496 g/mol. The number of hydrogen-bond donors (Lipinski definition) is 1. The van der Waals surface area contributed by atoms with Gasteiger partial charge in [0.05, 0.1) is 5.69 Å². The highest BCUT2D eigenvalue weighted by Crippen LogP contribution is 2.40. The molecule has 1 aromatic heterocycles. The molecular formula is C35H36N2O3. The van der Waals surface area contributed by atoms with Crippen molar-refractivity contribution in [3.63, 3.8) is 0 Å². The summed E-state index contributed by atoms with van der Waals surface area (Å²) < 4.78 is 1.96. The zero-order valence-corrected chi connectivity index (χ0v) is 23.2. The van der Waals surface area contributed by atoms with E-state index in [1.54, 1.807) is 0 Å². The summed E-state index contributed by atoms with van der Waals surface area (Å²) in [7, 11) is 0. The number of ketones is 1. The van der Waals surface area contributed by atoms with Gasteiger partial charge in [0.15, 0.2) is 0 Å². The summed E-state index contributed by atoms with van der Waals surface area (Å²) in [6.45, 7) is 5.80. The normalized spacial score (nSPS) is 14.4. The Morgan fingerprint density at radius 3 is 2.20 bits per heavy atom. The number of nitrogens with zero attached hydrogens (tertiary/aromatic N) is 2. The number of hydrogen-bond acceptors (Lipinski definition) is 3. The molecule has 0 saturated heterocycles.